The van der Waals surface area contributed by atoms with Crippen molar-refractivity contribution >= 4 is 12.2 Å². The molecule has 5 aromatic rings. The first-order valence-electron chi connectivity index (χ1n) is 13.5. The van der Waals surface area contributed by atoms with Gasteiger partial charge in [0, 0.05) is 50.2 Å². The van der Waals surface area contributed by atoms with Crippen LogP contribution in [0.5, 0.6) is 0 Å². The highest BCUT2D eigenvalue weighted by Gasteiger charge is 2.16. The molecule has 41 heavy (non-hydrogen) atoms. The van der Waals surface area contributed by atoms with Crippen molar-refractivity contribution in [2.24, 2.45) is 4.99 Å². The van der Waals surface area contributed by atoms with Gasteiger partial charge in [0.15, 0.2) is 6.04 Å². The van der Waals surface area contributed by atoms with Gasteiger partial charge >= 0.3 is 5.97 Å². The van der Waals surface area contributed by atoms with Crippen molar-refractivity contribution in [1.82, 2.24) is 19.9 Å². The lowest BCUT2D eigenvalue weighted by Crippen LogP contribution is -2.24. The van der Waals surface area contributed by atoms with Gasteiger partial charge in [0.1, 0.15) is 0 Å². The van der Waals surface area contributed by atoms with Gasteiger partial charge in [0.05, 0.1) is 22.8 Å². The van der Waals surface area contributed by atoms with Crippen molar-refractivity contribution in [3.05, 3.63) is 150 Å². The molecule has 7 heteroatoms. The van der Waals surface area contributed by atoms with Crippen molar-refractivity contribution in [3.8, 4) is 11.3 Å². The summed E-state index contributed by atoms with van der Waals surface area (Å²) < 4.78 is 0. The molecule has 0 bridgehead atoms. The Morgan fingerprint density at radius 3 is 2.05 bits per heavy atom. The molecule has 204 valence electrons. The van der Waals surface area contributed by atoms with E-state index in [2.05, 4.69) is 19.9 Å². The van der Waals surface area contributed by atoms with Crippen molar-refractivity contribution in [2.45, 2.75) is 32.1 Å². The molecule has 1 atom stereocenters. The minimum absolute atomic E-state index is 0.337. The third-order valence-electron chi connectivity index (χ3n) is 6.56. The van der Waals surface area contributed by atoms with Crippen LogP contribution in [0.4, 0.5) is 0 Å². The summed E-state index contributed by atoms with van der Waals surface area (Å²) >= 11 is 0. The maximum atomic E-state index is 11.8. The van der Waals surface area contributed by atoms with E-state index in [-0.39, 0.29) is 0 Å². The third-order valence-corrected chi connectivity index (χ3v) is 6.56. The number of benzene rings is 2. The van der Waals surface area contributed by atoms with E-state index in [0.717, 1.165) is 39.5 Å². The van der Waals surface area contributed by atoms with E-state index in [1.54, 1.807) is 6.21 Å². The number of hydrogen-bond acceptors (Lipinski definition) is 6. The summed E-state index contributed by atoms with van der Waals surface area (Å²) in [5, 5.41) is 9.70. The molecule has 0 aliphatic heterocycles. The number of aromatic nitrogens is 3. The van der Waals surface area contributed by atoms with Crippen LogP contribution in [0.15, 0.2) is 127 Å². The second kappa shape index (κ2) is 13.9. The molecule has 0 aliphatic rings. The van der Waals surface area contributed by atoms with Gasteiger partial charge in [-0.05, 0) is 53.6 Å². The molecule has 0 fully saturated rings. The normalized spacial score (nSPS) is 12.0. The molecule has 0 unspecified atom stereocenters. The molecule has 7 nitrogen and oxygen atoms in total. The van der Waals surface area contributed by atoms with E-state index in [0.29, 0.717) is 26.1 Å². The Kier molecular flexibility index (Phi) is 9.32. The number of hydrogen-bond donors (Lipinski definition) is 1. The molecular formula is C34H31N5O2. The summed E-state index contributed by atoms with van der Waals surface area (Å²) in [7, 11) is 0. The highest BCUT2D eigenvalue weighted by atomic mass is 16.4. The third kappa shape index (κ3) is 8.24. The summed E-state index contributed by atoms with van der Waals surface area (Å²) in [6.07, 6.45) is 5.59. The number of aliphatic imine (C=N–C) groups is 1. The molecule has 0 saturated carbocycles. The van der Waals surface area contributed by atoms with Crippen molar-refractivity contribution in [1.29, 1.82) is 0 Å². The summed E-state index contributed by atoms with van der Waals surface area (Å²) in [5.41, 5.74) is 6.44. The minimum Gasteiger partial charge on any atom is -0.480 e. The van der Waals surface area contributed by atoms with Crippen LogP contribution in [0.1, 0.15) is 28.2 Å². The fourth-order valence-corrected chi connectivity index (χ4v) is 4.56. The fourth-order valence-electron chi connectivity index (χ4n) is 4.56. The van der Waals surface area contributed by atoms with Crippen LogP contribution in [0, 0.1) is 0 Å². The topological polar surface area (TPSA) is 91.6 Å². The molecule has 0 amide bonds. The van der Waals surface area contributed by atoms with E-state index < -0.39 is 12.0 Å². The smallest absolute Gasteiger partial charge is 0.328 e. The van der Waals surface area contributed by atoms with Crippen molar-refractivity contribution in [2.75, 3.05) is 0 Å². The van der Waals surface area contributed by atoms with Gasteiger partial charge in [-0.2, -0.15) is 0 Å². The molecule has 0 aliphatic carbocycles. The lowest BCUT2D eigenvalue weighted by molar-refractivity contribution is -0.138. The van der Waals surface area contributed by atoms with Crippen LogP contribution in [0.3, 0.4) is 0 Å². The second-order valence-electron chi connectivity index (χ2n) is 9.75. The first-order chi connectivity index (χ1) is 20.1. The number of nitrogens with zero attached hydrogens (tertiary/aromatic N) is 5. The second-order valence-corrected chi connectivity index (χ2v) is 9.75. The summed E-state index contributed by atoms with van der Waals surface area (Å²) in [6, 6.07) is 34.4. The van der Waals surface area contributed by atoms with E-state index >= 15 is 0 Å². The molecule has 3 heterocycles. The first-order valence-corrected chi connectivity index (χ1v) is 13.5. The Balaban J connectivity index is 1.33. The van der Waals surface area contributed by atoms with E-state index in [1.807, 2.05) is 122 Å². The maximum Gasteiger partial charge on any atom is 0.328 e. The van der Waals surface area contributed by atoms with Gasteiger partial charge in [0.2, 0.25) is 0 Å². The van der Waals surface area contributed by atoms with Crippen molar-refractivity contribution in [3.63, 3.8) is 0 Å². The lowest BCUT2D eigenvalue weighted by Gasteiger charge is -2.21. The van der Waals surface area contributed by atoms with Crippen LogP contribution in [0.2, 0.25) is 0 Å². The Morgan fingerprint density at radius 1 is 0.756 bits per heavy atom. The molecule has 0 spiro atoms. The number of aliphatic carboxylic acids is 1. The van der Waals surface area contributed by atoms with Crippen LogP contribution < -0.4 is 0 Å². The van der Waals surface area contributed by atoms with Crippen molar-refractivity contribution < 1.29 is 9.90 Å². The molecule has 3 aromatic heterocycles. The van der Waals surface area contributed by atoms with Gasteiger partial charge in [-0.25, -0.2) is 4.79 Å². The summed E-state index contributed by atoms with van der Waals surface area (Å²) in [6.45, 7) is 1.97. The average molecular weight is 542 g/mol. The van der Waals surface area contributed by atoms with E-state index in [9.17, 15) is 9.90 Å². The van der Waals surface area contributed by atoms with Gasteiger partial charge in [-0.15, -0.1) is 0 Å². The molecular weight excluding hydrogens is 510 g/mol. The lowest BCUT2D eigenvalue weighted by atomic mass is 10.1. The zero-order valence-electron chi connectivity index (χ0n) is 22.6. The predicted octanol–water partition coefficient (Wildman–Crippen LogP) is 5.86. The number of carboxylic acid groups (broad SMARTS) is 1. The van der Waals surface area contributed by atoms with Gasteiger partial charge in [0.25, 0.3) is 0 Å². The summed E-state index contributed by atoms with van der Waals surface area (Å²) in [5.74, 6) is -0.948. The SMILES string of the molecule is O=C(O)[C@H](Cc1ccccc1)N=Cc1cccc(-c2cccc(CN(Cc3ccccn3)Cc3ccccn3)n2)c1. The Bertz CT molecular complexity index is 1540. The van der Waals surface area contributed by atoms with Crippen LogP contribution in [-0.2, 0) is 30.8 Å². The number of carboxylic acids is 1. The zero-order chi connectivity index (χ0) is 28.3. The minimum atomic E-state index is -0.948. The van der Waals surface area contributed by atoms with Crippen LogP contribution >= 0.6 is 0 Å². The van der Waals surface area contributed by atoms with Crippen LogP contribution in [-0.4, -0.2) is 43.2 Å². The number of rotatable bonds is 12. The molecule has 0 radical (unpaired) electrons. The van der Waals surface area contributed by atoms with Gasteiger partial charge in [-0.1, -0.05) is 66.7 Å². The largest absolute Gasteiger partial charge is 0.480 e. The number of carbonyl (C=O) groups is 1. The first kappa shape index (κ1) is 27.6. The quantitative estimate of drug-likeness (QED) is 0.199. The molecule has 1 N–H and O–H groups in total. The Morgan fingerprint density at radius 2 is 1.39 bits per heavy atom. The van der Waals surface area contributed by atoms with Gasteiger partial charge < -0.3 is 5.11 Å². The highest BCUT2D eigenvalue weighted by Crippen LogP contribution is 2.20. The van der Waals surface area contributed by atoms with Gasteiger partial charge in [-0.3, -0.25) is 24.8 Å². The predicted molar refractivity (Wildman–Crippen MR) is 160 cm³/mol. The molecule has 0 saturated heterocycles. The molecule has 2 aromatic carbocycles. The maximum absolute atomic E-state index is 11.8. The standard InChI is InChI=1S/C34H31N5O2/c40-34(41)33(21-26-10-2-1-3-11-26)37-22-27-12-8-13-28(20-27)32-17-9-16-31(38-32)25-39(23-29-14-4-6-18-35-29)24-30-15-5-7-19-36-30/h1-20,22,33H,21,23-25H2,(H,40,41)/t33-/m0/s1. The van der Waals surface area contributed by atoms with Crippen LogP contribution in [0.25, 0.3) is 11.3 Å². The fraction of sp³-hybridized carbons (Fsp3) is 0.147. The van der Waals surface area contributed by atoms with E-state index in [4.69, 9.17) is 4.98 Å². The average Bonchev–Trinajstić information content (AvgIpc) is 3.01. The Labute approximate surface area is 239 Å². The van der Waals surface area contributed by atoms with E-state index in [1.165, 1.54) is 0 Å². The zero-order valence-corrected chi connectivity index (χ0v) is 22.6. The summed E-state index contributed by atoms with van der Waals surface area (Å²) in [4.78, 5) is 32.5. The monoisotopic (exact) mass is 541 g/mol. The molecule has 5 rings (SSSR count). The Hall–Kier alpha value is -5.01. The number of pyridine rings is 3. The highest BCUT2D eigenvalue weighted by molar-refractivity contribution is 5.85.